The molecule has 12 heteroatoms. The Hall–Kier alpha value is -2.91. The summed E-state index contributed by atoms with van der Waals surface area (Å²) in [5, 5.41) is -0.851. The fourth-order valence-corrected chi connectivity index (χ4v) is 9.11. The molecule has 2 aromatic carbocycles. The van der Waals surface area contributed by atoms with Gasteiger partial charge in [0.25, 0.3) is 0 Å². The summed E-state index contributed by atoms with van der Waals surface area (Å²) in [7, 11) is -3.60. The summed E-state index contributed by atoms with van der Waals surface area (Å²) in [5.74, 6) is -0.578. The Balaban J connectivity index is 1.95. The average Bonchev–Trinajstić information content (AvgIpc) is 2.96. The van der Waals surface area contributed by atoms with Crippen molar-refractivity contribution < 1.29 is 37.7 Å². The molecular formula is C38H56ClN2O8P. The van der Waals surface area contributed by atoms with Gasteiger partial charge in [0.2, 0.25) is 7.37 Å². The van der Waals surface area contributed by atoms with E-state index < -0.39 is 47.5 Å². The van der Waals surface area contributed by atoms with E-state index in [2.05, 4.69) is 4.90 Å². The first-order chi connectivity index (χ1) is 23.1. The van der Waals surface area contributed by atoms with E-state index in [9.17, 15) is 18.9 Å². The van der Waals surface area contributed by atoms with E-state index in [0.717, 1.165) is 21.6 Å². The summed E-state index contributed by atoms with van der Waals surface area (Å²) in [4.78, 5) is 43.6. The van der Waals surface area contributed by atoms with Gasteiger partial charge in [-0.2, -0.15) is 0 Å². The Labute approximate surface area is 303 Å². The van der Waals surface area contributed by atoms with E-state index in [-0.39, 0.29) is 32.3 Å². The van der Waals surface area contributed by atoms with Gasteiger partial charge in [0, 0.05) is 37.4 Å². The third kappa shape index (κ3) is 11.6. The highest BCUT2D eigenvalue weighted by Crippen LogP contribution is 2.64. The van der Waals surface area contributed by atoms with Gasteiger partial charge in [0.15, 0.2) is 5.16 Å². The summed E-state index contributed by atoms with van der Waals surface area (Å²) < 4.78 is 37.9. The molecular weight excluding hydrogens is 679 g/mol. The van der Waals surface area contributed by atoms with Gasteiger partial charge in [0.05, 0.1) is 6.61 Å². The van der Waals surface area contributed by atoms with Gasteiger partial charge in [-0.25, -0.2) is 14.5 Å². The van der Waals surface area contributed by atoms with Crippen LogP contribution in [0.5, 0.6) is 0 Å². The second kappa shape index (κ2) is 16.6. The second-order valence-electron chi connectivity index (χ2n) is 15.8. The van der Waals surface area contributed by atoms with Crippen molar-refractivity contribution in [2.24, 2.45) is 0 Å². The number of imide groups is 1. The smallest absolute Gasteiger partial charge is 0.419 e. The first kappa shape index (κ1) is 41.5. The first-order valence-corrected chi connectivity index (χ1v) is 19.5. The van der Waals surface area contributed by atoms with Gasteiger partial charge >= 0.3 is 18.2 Å². The molecule has 0 saturated carbocycles. The van der Waals surface area contributed by atoms with Crippen LogP contribution in [0, 0.1) is 0 Å². The summed E-state index contributed by atoms with van der Waals surface area (Å²) >= 11 is 6.33. The molecule has 278 valence electrons. The number of unbranched alkanes of at least 4 members (excludes halogenated alkanes) is 1. The predicted octanol–water partition coefficient (Wildman–Crippen LogP) is 9.56. The molecule has 1 saturated heterocycles. The van der Waals surface area contributed by atoms with Gasteiger partial charge in [-0.05, 0) is 117 Å². The normalized spacial score (nSPS) is 20.2. The molecule has 2 atom stereocenters. The highest BCUT2D eigenvalue weighted by atomic mass is 35.5. The third-order valence-corrected chi connectivity index (χ3v) is 11.5. The molecule has 2 aromatic rings. The Kier molecular flexibility index (Phi) is 13.8. The first-order valence-electron chi connectivity index (χ1n) is 17.3. The minimum Gasteiger partial charge on any atom is -0.459 e. The van der Waals surface area contributed by atoms with Crippen LogP contribution in [0.1, 0.15) is 94.1 Å². The maximum absolute atomic E-state index is 14.9. The lowest BCUT2D eigenvalue weighted by molar-refractivity contribution is -0.160. The summed E-state index contributed by atoms with van der Waals surface area (Å²) in [6.45, 7) is 18.7. The van der Waals surface area contributed by atoms with Crippen LogP contribution in [0.4, 0.5) is 9.59 Å². The van der Waals surface area contributed by atoms with Crippen molar-refractivity contribution in [3.63, 3.8) is 0 Å². The van der Waals surface area contributed by atoms with Crippen LogP contribution >= 0.6 is 19.0 Å². The SMILES string of the molecule is CCOP1(=O)CCN(Cc2ccccc2-c2cccc(Cl)c2)CC1(CCCCN(C(=O)OC(C)(C)C)C(=O)OC(C)(C)C)C(=O)OC(C)(C)C. The van der Waals surface area contributed by atoms with Crippen molar-refractivity contribution in [1.29, 1.82) is 0 Å². The predicted molar refractivity (Wildman–Crippen MR) is 198 cm³/mol. The molecule has 2 unspecified atom stereocenters. The van der Waals surface area contributed by atoms with Crippen molar-refractivity contribution in [3.05, 3.63) is 59.1 Å². The maximum atomic E-state index is 14.9. The molecule has 0 bridgehead atoms. The lowest BCUT2D eigenvalue weighted by atomic mass is 9.96. The Morgan fingerprint density at radius 3 is 2.02 bits per heavy atom. The summed E-state index contributed by atoms with van der Waals surface area (Å²) in [5.41, 5.74) is 0.515. The maximum Gasteiger partial charge on any atom is 0.419 e. The van der Waals surface area contributed by atoms with E-state index in [4.69, 9.17) is 30.3 Å². The molecule has 0 radical (unpaired) electrons. The summed E-state index contributed by atoms with van der Waals surface area (Å²) in [6, 6.07) is 15.7. The zero-order chi connectivity index (χ0) is 37.5. The number of hydrogen-bond donors (Lipinski definition) is 0. The number of nitrogens with zero attached hydrogens (tertiary/aromatic N) is 2. The number of rotatable bonds is 11. The molecule has 2 amide bonds. The Morgan fingerprint density at radius 1 is 0.860 bits per heavy atom. The molecule has 3 rings (SSSR count). The van der Waals surface area contributed by atoms with Crippen LogP contribution in [-0.4, -0.2) is 82.3 Å². The highest BCUT2D eigenvalue weighted by molar-refractivity contribution is 7.62. The quantitative estimate of drug-likeness (QED) is 0.0964. The molecule has 0 aromatic heterocycles. The van der Waals surface area contributed by atoms with Crippen LogP contribution in [-0.2, 0) is 34.6 Å². The van der Waals surface area contributed by atoms with Gasteiger partial charge in [-0.1, -0.05) is 48.0 Å². The number of ether oxygens (including phenoxy) is 3. The topological polar surface area (TPSA) is 112 Å². The van der Waals surface area contributed by atoms with Crippen LogP contribution in [0.15, 0.2) is 48.5 Å². The summed E-state index contributed by atoms with van der Waals surface area (Å²) in [6.07, 6.45) is -0.687. The van der Waals surface area contributed by atoms with Crippen molar-refractivity contribution in [2.45, 2.75) is 117 Å². The number of carbonyl (C=O) groups is 3. The number of halogens is 1. The van der Waals surface area contributed by atoms with Gasteiger partial charge in [-0.15, -0.1) is 0 Å². The average molecular weight is 735 g/mol. The van der Waals surface area contributed by atoms with E-state index in [0.29, 0.717) is 31.0 Å². The van der Waals surface area contributed by atoms with Crippen molar-refractivity contribution in [2.75, 3.05) is 32.4 Å². The number of benzene rings is 2. The van der Waals surface area contributed by atoms with Crippen LogP contribution in [0.2, 0.25) is 5.02 Å². The van der Waals surface area contributed by atoms with E-state index >= 15 is 0 Å². The van der Waals surface area contributed by atoms with Gasteiger partial charge in [-0.3, -0.25) is 14.3 Å². The molecule has 1 heterocycles. The number of carbonyl (C=O) groups excluding carboxylic acids is 3. The van der Waals surface area contributed by atoms with E-state index in [1.807, 2.05) is 48.5 Å². The fraction of sp³-hybridized carbons (Fsp3) is 0.605. The largest absolute Gasteiger partial charge is 0.459 e. The monoisotopic (exact) mass is 734 g/mol. The number of amides is 2. The lowest BCUT2D eigenvalue weighted by Crippen LogP contribution is -2.56. The minimum atomic E-state index is -3.60. The minimum absolute atomic E-state index is 0.0239. The molecule has 1 aliphatic rings. The van der Waals surface area contributed by atoms with Crippen molar-refractivity contribution in [3.8, 4) is 11.1 Å². The van der Waals surface area contributed by atoms with Crippen molar-refractivity contribution in [1.82, 2.24) is 9.80 Å². The standard InChI is InChI=1S/C38H56ClN2O8P/c1-11-46-50(45)24-23-40(26-29-17-12-13-20-31(29)28-18-16-19-30(39)25-28)27-38(50,32(42)47-35(2,3)4)21-14-15-22-41(33(43)48-36(5,6)7)34(44)49-37(8,9)10/h12-13,16-20,25H,11,14-15,21-24,26-27H2,1-10H3. The molecule has 0 spiro atoms. The Bertz CT molecular complexity index is 1520. The third-order valence-electron chi connectivity index (χ3n) is 7.96. The van der Waals surface area contributed by atoms with E-state index in [1.165, 1.54) is 0 Å². The van der Waals surface area contributed by atoms with E-state index in [1.54, 1.807) is 69.2 Å². The Morgan fingerprint density at radius 2 is 1.46 bits per heavy atom. The zero-order valence-corrected chi connectivity index (χ0v) is 33.1. The van der Waals surface area contributed by atoms with Crippen LogP contribution in [0.25, 0.3) is 11.1 Å². The van der Waals surface area contributed by atoms with Crippen LogP contribution in [0.3, 0.4) is 0 Å². The fourth-order valence-electron chi connectivity index (χ4n) is 5.92. The molecule has 0 aliphatic carbocycles. The molecule has 50 heavy (non-hydrogen) atoms. The van der Waals surface area contributed by atoms with Gasteiger partial charge in [0.1, 0.15) is 16.8 Å². The lowest BCUT2D eigenvalue weighted by Gasteiger charge is -2.46. The van der Waals surface area contributed by atoms with Crippen LogP contribution < -0.4 is 0 Å². The second-order valence-corrected chi connectivity index (χ2v) is 19.1. The zero-order valence-electron chi connectivity index (χ0n) is 31.5. The molecule has 1 fully saturated rings. The van der Waals surface area contributed by atoms with Crippen molar-refractivity contribution >= 4 is 37.1 Å². The molecule has 10 nitrogen and oxygen atoms in total. The highest BCUT2D eigenvalue weighted by Gasteiger charge is 2.59. The van der Waals surface area contributed by atoms with Gasteiger partial charge < -0.3 is 18.7 Å². The number of esters is 1. The number of hydrogen-bond acceptors (Lipinski definition) is 9. The molecule has 0 N–H and O–H groups in total. The molecule has 1 aliphatic heterocycles.